The van der Waals surface area contributed by atoms with E-state index in [1.165, 1.54) is 12.1 Å². The number of anilines is 1. The van der Waals surface area contributed by atoms with Gasteiger partial charge in [0.1, 0.15) is 11.5 Å². The van der Waals surface area contributed by atoms with Crippen molar-refractivity contribution in [3.8, 4) is 11.5 Å². The molecule has 0 heterocycles. The molecule has 28 heavy (non-hydrogen) atoms. The number of benzene rings is 2. The Kier molecular flexibility index (Phi) is 6.28. The van der Waals surface area contributed by atoms with E-state index in [-0.39, 0.29) is 17.9 Å². The predicted octanol–water partition coefficient (Wildman–Crippen LogP) is 5.10. The molecule has 1 aliphatic rings. The van der Waals surface area contributed by atoms with Crippen molar-refractivity contribution in [2.24, 2.45) is 0 Å². The van der Waals surface area contributed by atoms with Crippen LogP contribution in [0.15, 0.2) is 54.6 Å². The average Bonchev–Trinajstić information content (AvgIpc) is 2.65. The molecule has 2 amide bonds. The van der Waals surface area contributed by atoms with Crippen LogP contribution >= 0.6 is 0 Å². The van der Waals surface area contributed by atoms with E-state index < -0.39 is 12.4 Å². The van der Waals surface area contributed by atoms with Crippen molar-refractivity contribution in [1.82, 2.24) is 5.32 Å². The van der Waals surface area contributed by atoms with E-state index in [0.29, 0.717) is 5.69 Å². The topological polar surface area (TPSA) is 59.6 Å². The molecule has 150 valence electrons. The third kappa shape index (κ3) is 6.37. The molecule has 1 fully saturated rings. The highest BCUT2D eigenvalue weighted by Crippen LogP contribution is 2.25. The van der Waals surface area contributed by atoms with Crippen LogP contribution in [0.1, 0.15) is 25.7 Å². The molecule has 1 saturated carbocycles. The Labute approximate surface area is 160 Å². The molecule has 0 bridgehead atoms. The minimum atomic E-state index is -4.74. The molecule has 1 aliphatic carbocycles. The second-order valence-corrected chi connectivity index (χ2v) is 6.58. The summed E-state index contributed by atoms with van der Waals surface area (Å²) < 4.78 is 46.2. The van der Waals surface area contributed by atoms with Gasteiger partial charge in [-0.3, -0.25) is 0 Å². The molecule has 0 aromatic heterocycles. The van der Waals surface area contributed by atoms with E-state index in [1.54, 1.807) is 0 Å². The summed E-state index contributed by atoms with van der Waals surface area (Å²) in [5.41, 5.74) is 0.383. The van der Waals surface area contributed by atoms with Gasteiger partial charge in [0.25, 0.3) is 0 Å². The smallest absolute Gasteiger partial charge is 0.490 e. The Morgan fingerprint density at radius 3 is 2.14 bits per heavy atom. The minimum absolute atomic E-state index is 0.0310. The molecule has 0 unspecified atom stereocenters. The number of amides is 2. The summed E-state index contributed by atoms with van der Waals surface area (Å²) in [4.78, 5) is 12.1. The molecule has 5 nitrogen and oxygen atoms in total. The molecule has 2 N–H and O–H groups in total. The van der Waals surface area contributed by atoms with Crippen molar-refractivity contribution < 1.29 is 27.4 Å². The number of ether oxygens (including phenoxy) is 2. The van der Waals surface area contributed by atoms with Crippen molar-refractivity contribution in [1.29, 1.82) is 0 Å². The van der Waals surface area contributed by atoms with Crippen molar-refractivity contribution in [2.45, 2.75) is 44.2 Å². The van der Waals surface area contributed by atoms with Gasteiger partial charge >= 0.3 is 12.4 Å². The van der Waals surface area contributed by atoms with Crippen LogP contribution in [0.25, 0.3) is 0 Å². The van der Waals surface area contributed by atoms with Gasteiger partial charge in [-0.2, -0.15) is 0 Å². The number of carbonyl (C=O) groups excluding carboxylic acids is 1. The third-order valence-electron chi connectivity index (χ3n) is 4.40. The Bertz CT molecular complexity index is 759. The number of nitrogens with one attached hydrogen (secondary N) is 2. The molecule has 0 saturated heterocycles. The lowest BCUT2D eigenvalue weighted by molar-refractivity contribution is -0.274. The zero-order valence-electron chi connectivity index (χ0n) is 15.0. The van der Waals surface area contributed by atoms with E-state index in [4.69, 9.17) is 4.74 Å². The largest absolute Gasteiger partial charge is 0.573 e. The van der Waals surface area contributed by atoms with Gasteiger partial charge in [0, 0.05) is 11.7 Å². The standard InChI is InChI=1S/C20H21F3N2O3/c21-20(22,23)28-18-12-8-15(9-13-18)25-19(26)24-14-6-10-17(11-7-14)27-16-4-2-1-3-5-16/h1-5,8-9,12-14,17H,6-7,10-11H2,(H2,24,25,26). The van der Waals surface area contributed by atoms with Crippen molar-refractivity contribution in [3.63, 3.8) is 0 Å². The molecule has 8 heteroatoms. The number of hydrogen-bond acceptors (Lipinski definition) is 3. The summed E-state index contributed by atoms with van der Waals surface area (Å²) in [5, 5.41) is 5.50. The van der Waals surface area contributed by atoms with E-state index >= 15 is 0 Å². The van der Waals surface area contributed by atoms with Crippen LogP contribution in [0.2, 0.25) is 0 Å². The maximum absolute atomic E-state index is 12.2. The van der Waals surface area contributed by atoms with Gasteiger partial charge < -0.3 is 20.1 Å². The number of halogens is 3. The normalized spacial score (nSPS) is 19.5. The number of carbonyl (C=O) groups is 1. The first kappa shape index (κ1) is 19.9. The molecule has 3 rings (SSSR count). The molecule has 0 radical (unpaired) electrons. The first-order valence-electron chi connectivity index (χ1n) is 9.02. The highest BCUT2D eigenvalue weighted by Gasteiger charge is 2.31. The monoisotopic (exact) mass is 394 g/mol. The van der Waals surface area contributed by atoms with E-state index in [9.17, 15) is 18.0 Å². The lowest BCUT2D eigenvalue weighted by Gasteiger charge is -2.29. The average molecular weight is 394 g/mol. The summed E-state index contributed by atoms with van der Waals surface area (Å²) >= 11 is 0. The van der Waals surface area contributed by atoms with Crippen LogP contribution in [-0.4, -0.2) is 24.5 Å². The second kappa shape index (κ2) is 8.86. The van der Waals surface area contributed by atoms with Gasteiger partial charge in [0.05, 0.1) is 6.10 Å². The van der Waals surface area contributed by atoms with Crippen molar-refractivity contribution in [2.75, 3.05) is 5.32 Å². The van der Waals surface area contributed by atoms with Gasteiger partial charge in [-0.05, 0) is 62.1 Å². The number of urea groups is 1. The summed E-state index contributed by atoms with van der Waals surface area (Å²) in [5.74, 6) is 0.504. The van der Waals surface area contributed by atoms with E-state index in [0.717, 1.165) is 43.6 Å². The first-order chi connectivity index (χ1) is 13.4. The van der Waals surface area contributed by atoms with Gasteiger partial charge in [-0.15, -0.1) is 13.2 Å². The van der Waals surface area contributed by atoms with Crippen LogP contribution < -0.4 is 20.1 Å². The Hall–Kier alpha value is -2.90. The van der Waals surface area contributed by atoms with Gasteiger partial charge in [0.2, 0.25) is 0 Å². The van der Waals surface area contributed by atoms with Crippen LogP contribution in [-0.2, 0) is 0 Å². The van der Waals surface area contributed by atoms with E-state index in [1.807, 2.05) is 30.3 Å². The van der Waals surface area contributed by atoms with Crippen molar-refractivity contribution >= 4 is 11.7 Å². The Balaban J connectivity index is 1.41. The summed E-state index contributed by atoms with van der Waals surface area (Å²) in [6.07, 6.45) is -1.35. The van der Waals surface area contributed by atoms with Crippen LogP contribution in [0.4, 0.5) is 23.7 Å². The van der Waals surface area contributed by atoms with Crippen LogP contribution in [0.3, 0.4) is 0 Å². The quantitative estimate of drug-likeness (QED) is 0.742. The molecule has 0 aliphatic heterocycles. The van der Waals surface area contributed by atoms with Crippen molar-refractivity contribution in [3.05, 3.63) is 54.6 Å². The summed E-state index contributed by atoms with van der Waals surface area (Å²) in [7, 11) is 0. The lowest BCUT2D eigenvalue weighted by atomic mass is 9.93. The summed E-state index contributed by atoms with van der Waals surface area (Å²) in [6, 6.07) is 14.3. The lowest BCUT2D eigenvalue weighted by Crippen LogP contribution is -2.41. The zero-order valence-corrected chi connectivity index (χ0v) is 15.0. The molecule has 0 atom stereocenters. The highest BCUT2D eigenvalue weighted by atomic mass is 19.4. The Morgan fingerprint density at radius 2 is 1.54 bits per heavy atom. The minimum Gasteiger partial charge on any atom is -0.490 e. The fraction of sp³-hybridized carbons (Fsp3) is 0.350. The molecule has 2 aromatic carbocycles. The van der Waals surface area contributed by atoms with Crippen LogP contribution in [0.5, 0.6) is 11.5 Å². The maximum Gasteiger partial charge on any atom is 0.573 e. The SMILES string of the molecule is O=C(Nc1ccc(OC(F)(F)F)cc1)NC1CCC(Oc2ccccc2)CC1. The number of alkyl halides is 3. The number of rotatable bonds is 5. The molecular formula is C20H21F3N2O3. The van der Waals surface area contributed by atoms with Crippen LogP contribution in [0, 0.1) is 0 Å². The summed E-state index contributed by atoms with van der Waals surface area (Å²) in [6.45, 7) is 0. The van der Waals surface area contributed by atoms with Gasteiger partial charge in [0.15, 0.2) is 0 Å². The third-order valence-corrected chi connectivity index (χ3v) is 4.40. The molecule has 2 aromatic rings. The number of hydrogen-bond donors (Lipinski definition) is 2. The maximum atomic E-state index is 12.2. The van der Waals surface area contributed by atoms with E-state index in [2.05, 4.69) is 15.4 Å². The fourth-order valence-corrected chi connectivity index (χ4v) is 3.11. The molecule has 0 spiro atoms. The fourth-order valence-electron chi connectivity index (χ4n) is 3.11. The zero-order chi connectivity index (χ0) is 20.0. The second-order valence-electron chi connectivity index (χ2n) is 6.58. The highest BCUT2D eigenvalue weighted by molar-refractivity contribution is 5.89. The van der Waals surface area contributed by atoms with Gasteiger partial charge in [-0.25, -0.2) is 4.79 Å². The number of para-hydroxylation sites is 1. The molecular weight excluding hydrogens is 373 g/mol. The predicted molar refractivity (Wildman–Crippen MR) is 98.4 cm³/mol. The van der Waals surface area contributed by atoms with Gasteiger partial charge in [-0.1, -0.05) is 18.2 Å². The first-order valence-corrected chi connectivity index (χ1v) is 9.02. The Morgan fingerprint density at radius 1 is 0.893 bits per heavy atom.